The number of hydrogen-bond acceptors (Lipinski definition) is 2. The van der Waals surface area contributed by atoms with Gasteiger partial charge in [0, 0.05) is 0 Å². The molecule has 2 heteroatoms. The first kappa shape index (κ1) is 6.05. The van der Waals surface area contributed by atoms with E-state index in [0.29, 0.717) is 6.10 Å². The third-order valence-corrected chi connectivity index (χ3v) is 1.72. The lowest BCUT2D eigenvalue weighted by molar-refractivity contribution is 0.184. The van der Waals surface area contributed by atoms with Gasteiger partial charge in [0.2, 0.25) is 0 Å². The predicted molar refractivity (Wildman–Crippen MR) is 30.7 cm³/mol. The fourth-order valence-electron chi connectivity index (χ4n) is 0.945. The number of aliphatic hydroxyl groups is 1. The minimum atomic E-state index is -0.186. The molecule has 0 aromatic heterocycles. The van der Waals surface area contributed by atoms with E-state index in [4.69, 9.17) is 9.84 Å². The molecule has 1 N–H and O–H groups in total. The fraction of sp³-hybridized carbons (Fsp3) is 1.00. The van der Waals surface area contributed by atoms with Crippen LogP contribution in [0.3, 0.4) is 0 Å². The van der Waals surface area contributed by atoms with Gasteiger partial charge in [0.1, 0.15) is 5.60 Å². The molecule has 0 spiro atoms. The molecule has 0 radical (unpaired) electrons. The molecule has 1 heterocycles. The SMILES string of the molecule is CC[C@@H]1O[C@@]1(C)CO. The van der Waals surface area contributed by atoms with E-state index < -0.39 is 0 Å². The van der Waals surface area contributed by atoms with Crippen molar-refractivity contribution in [2.24, 2.45) is 0 Å². The van der Waals surface area contributed by atoms with Gasteiger partial charge in [-0.15, -0.1) is 0 Å². The van der Waals surface area contributed by atoms with Crippen molar-refractivity contribution in [3.63, 3.8) is 0 Å². The average molecular weight is 116 g/mol. The molecule has 0 aliphatic carbocycles. The van der Waals surface area contributed by atoms with Crippen molar-refractivity contribution in [2.75, 3.05) is 6.61 Å². The summed E-state index contributed by atoms with van der Waals surface area (Å²) in [5.41, 5.74) is -0.186. The maximum atomic E-state index is 8.64. The van der Waals surface area contributed by atoms with Gasteiger partial charge in [0.15, 0.2) is 0 Å². The van der Waals surface area contributed by atoms with Crippen LogP contribution in [0, 0.1) is 0 Å². The highest BCUT2D eigenvalue weighted by Crippen LogP contribution is 2.37. The Kier molecular flexibility index (Phi) is 1.29. The van der Waals surface area contributed by atoms with Crippen LogP contribution in [0.15, 0.2) is 0 Å². The van der Waals surface area contributed by atoms with E-state index in [-0.39, 0.29) is 12.2 Å². The van der Waals surface area contributed by atoms with E-state index in [1.165, 1.54) is 0 Å². The van der Waals surface area contributed by atoms with Crippen LogP contribution in [0.2, 0.25) is 0 Å². The number of hydrogen-bond donors (Lipinski definition) is 1. The Morgan fingerprint density at radius 2 is 2.38 bits per heavy atom. The second kappa shape index (κ2) is 1.71. The van der Waals surface area contributed by atoms with E-state index in [2.05, 4.69) is 6.92 Å². The lowest BCUT2D eigenvalue weighted by Crippen LogP contribution is -2.14. The Balaban J connectivity index is 2.31. The van der Waals surface area contributed by atoms with Gasteiger partial charge in [0.25, 0.3) is 0 Å². The van der Waals surface area contributed by atoms with Gasteiger partial charge in [-0.25, -0.2) is 0 Å². The van der Waals surface area contributed by atoms with Crippen LogP contribution in [0.4, 0.5) is 0 Å². The van der Waals surface area contributed by atoms with Crippen LogP contribution in [0.25, 0.3) is 0 Å². The van der Waals surface area contributed by atoms with E-state index in [1.54, 1.807) is 0 Å². The highest BCUT2D eigenvalue weighted by molar-refractivity contribution is 4.97. The largest absolute Gasteiger partial charge is 0.393 e. The number of rotatable bonds is 2. The molecular weight excluding hydrogens is 104 g/mol. The molecule has 2 nitrogen and oxygen atoms in total. The second-order valence-electron chi connectivity index (χ2n) is 2.49. The highest BCUT2D eigenvalue weighted by Gasteiger charge is 2.50. The summed E-state index contributed by atoms with van der Waals surface area (Å²) in [7, 11) is 0. The zero-order chi connectivity index (χ0) is 6.20. The molecule has 1 fully saturated rings. The van der Waals surface area contributed by atoms with Crippen LogP contribution in [-0.2, 0) is 4.74 Å². The number of epoxide rings is 1. The molecule has 0 aromatic rings. The van der Waals surface area contributed by atoms with Crippen molar-refractivity contribution in [3.8, 4) is 0 Å². The lowest BCUT2D eigenvalue weighted by Gasteiger charge is -1.95. The van der Waals surface area contributed by atoms with Crippen LogP contribution < -0.4 is 0 Å². The molecule has 0 saturated carbocycles. The summed E-state index contributed by atoms with van der Waals surface area (Å²) in [6, 6.07) is 0. The summed E-state index contributed by atoms with van der Waals surface area (Å²) >= 11 is 0. The summed E-state index contributed by atoms with van der Waals surface area (Å²) in [5.74, 6) is 0. The third kappa shape index (κ3) is 0.740. The second-order valence-corrected chi connectivity index (χ2v) is 2.49. The Morgan fingerprint density at radius 3 is 2.50 bits per heavy atom. The molecule has 1 saturated heterocycles. The zero-order valence-corrected chi connectivity index (χ0v) is 5.35. The summed E-state index contributed by atoms with van der Waals surface area (Å²) < 4.78 is 5.15. The van der Waals surface area contributed by atoms with Gasteiger partial charge in [-0.1, -0.05) is 6.92 Å². The highest BCUT2D eigenvalue weighted by atomic mass is 16.6. The average Bonchev–Trinajstić information content (AvgIpc) is 2.44. The van der Waals surface area contributed by atoms with E-state index >= 15 is 0 Å². The maximum Gasteiger partial charge on any atom is 0.115 e. The van der Waals surface area contributed by atoms with Crippen molar-refractivity contribution in [2.45, 2.75) is 32.0 Å². The number of aliphatic hydroxyl groups excluding tert-OH is 1. The first-order valence-electron chi connectivity index (χ1n) is 3.01. The molecule has 2 atom stereocenters. The predicted octanol–water partition coefficient (Wildman–Crippen LogP) is 0.546. The standard InChI is InChI=1S/C6H12O2/c1-3-5-6(2,4-7)8-5/h5,7H,3-4H2,1-2H3/t5-,6-/m0/s1. The summed E-state index contributed by atoms with van der Waals surface area (Å²) in [5, 5.41) is 8.64. The zero-order valence-electron chi connectivity index (χ0n) is 5.35. The smallest absolute Gasteiger partial charge is 0.115 e. The molecule has 48 valence electrons. The van der Waals surface area contributed by atoms with Crippen molar-refractivity contribution in [1.29, 1.82) is 0 Å². The minimum absolute atomic E-state index is 0.158. The first-order chi connectivity index (χ1) is 3.73. The van der Waals surface area contributed by atoms with Gasteiger partial charge in [-0.2, -0.15) is 0 Å². The molecule has 8 heavy (non-hydrogen) atoms. The molecule has 0 amide bonds. The van der Waals surface area contributed by atoms with Crippen LogP contribution in [-0.4, -0.2) is 23.4 Å². The molecule has 1 rings (SSSR count). The summed E-state index contributed by atoms with van der Waals surface area (Å²) in [6.07, 6.45) is 1.32. The van der Waals surface area contributed by atoms with Gasteiger partial charge in [0.05, 0.1) is 12.7 Å². The Morgan fingerprint density at radius 1 is 1.75 bits per heavy atom. The maximum absolute atomic E-state index is 8.64. The van der Waals surface area contributed by atoms with Crippen molar-refractivity contribution >= 4 is 0 Å². The normalized spacial score (nSPS) is 44.6. The lowest BCUT2D eigenvalue weighted by atomic mass is 10.1. The Labute approximate surface area is 49.5 Å². The molecule has 1 aliphatic rings. The van der Waals surface area contributed by atoms with Gasteiger partial charge < -0.3 is 9.84 Å². The van der Waals surface area contributed by atoms with E-state index in [1.807, 2.05) is 6.92 Å². The van der Waals surface area contributed by atoms with Crippen LogP contribution >= 0.6 is 0 Å². The minimum Gasteiger partial charge on any atom is -0.393 e. The quantitative estimate of drug-likeness (QED) is 0.534. The van der Waals surface area contributed by atoms with Crippen LogP contribution in [0.1, 0.15) is 20.3 Å². The molecule has 0 bridgehead atoms. The Bertz CT molecular complexity index is 92.5. The van der Waals surface area contributed by atoms with E-state index in [0.717, 1.165) is 6.42 Å². The van der Waals surface area contributed by atoms with Crippen molar-refractivity contribution < 1.29 is 9.84 Å². The molecule has 1 aliphatic heterocycles. The van der Waals surface area contributed by atoms with Crippen LogP contribution in [0.5, 0.6) is 0 Å². The van der Waals surface area contributed by atoms with Gasteiger partial charge in [-0.05, 0) is 13.3 Å². The Hall–Kier alpha value is -0.0800. The fourth-order valence-corrected chi connectivity index (χ4v) is 0.945. The molecular formula is C6H12O2. The van der Waals surface area contributed by atoms with Gasteiger partial charge in [-0.3, -0.25) is 0 Å². The molecule has 0 unspecified atom stereocenters. The summed E-state index contributed by atoms with van der Waals surface area (Å²) in [4.78, 5) is 0. The topological polar surface area (TPSA) is 32.8 Å². The van der Waals surface area contributed by atoms with Crippen molar-refractivity contribution in [1.82, 2.24) is 0 Å². The van der Waals surface area contributed by atoms with E-state index in [9.17, 15) is 0 Å². The first-order valence-corrected chi connectivity index (χ1v) is 3.01. The van der Waals surface area contributed by atoms with Gasteiger partial charge >= 0.3 is 0 Å². The molecule has 0 aromatic carbocycles. The van der Waals surface area contributed by atoms with Crippen molar-refractivity contribution in [3.05, 3.63) is 0 Å². The number of ether oxygens (including phenoxy) is 1. The summed E-state index contributed by atoms with van der Waals surface area (Å²) in [6.45, 7) is 4.15. The monoisotopic (exact) mass is 116 g/mol. The third-order valence-electron chi connectivity index (χ3n) is 1.72.